The lowest BCUT2D eigenvalue weighted by Crippen LogP contribution is -2.48. The smallest absolute Gasteiger partial charge is 0.311 e. The van der Waals surface area contributed by atoms with Crippen LogP contribution in [0, 0.1) is 5.41 Å². The summed E-state index contributed by atoms with van der Waals surface area (Å²) in [5.74, 6) is -1.32. The van der Waals surface area contributed by atoms with Crippen LogP contribution in [-0.4, -0.2) is 40.9 Å². The first-order valence-corrected chi connectivity index (χ1v) is 9.25. The first kappa shape index (κ1) is 18.1. The summed E-state index contributed by atoms with van der Waals surface area (Å²) in [7, 11) is 0. The molecule has 1 aromatic heterocycles. The van der Waals surface area contributed by atoms with Crippen molar-refractivity contribution in [2.24, 2.45) is 5.41 Å². The van der Waals surface area contributed by atoms with Gasteiger partial charge in [-0.3, -0.25) is 14.4 Å². The van der Waals surface area contributed by atoms with Crippen molar-refractivity contribution in [1.29, 1.82) is 0 Å². The van der Waals surface area contributed by atoms with Gasteiger partial charge in [0.25, 0.3) is 11.8 Å². The summed E-state index contributed by atoms with van der Waals surface area (Å²) < 4.78 is 0. The second-order valence-corrected chi connectivity index (χ2v) is 7.66. The van der Waals surface area contributed by atoms with Crippen molar-refractivity contribution in [3.05, 3.63) is 52.2 Å². The standard InChI is InChI=1S/C19H20N2O4S/c1-19(18(24)25)8-4-9-21(12-19)17(23)13-5-2-6-14(11-13)20-16(22)15-7-3-10-26-15/h2-3,5-7,10-11H,4,8-9,12H2,1H3,(H,20,22)(H,24,25). The Morgan fingerprint density at radius 3 is 2.73 bits per heavy atom. The minimum Gasteiger partial charge on any atom is -0.481 e. The molecule has 1 fully saturated rings. The minimum absolute atomic E-state index is 0.187. The van der Waals surface area contributed by atoms with Crippen LogP contribution in [0.15, 0.2) is 41.8 Å². The van der Waals surface area contributed by atoms with Gasteiger partial charge in [0.2, 0.25) is 0 Å². The molecule has 2 N–H and O–H groups in total. The molecule has 0 spiro atoms. The molecule has 1 aliphatic rings. The van der Waals surface area contributed by atoms with E-state index in [2.05, 4.69) is 5.32 Å². The number of hydrogen-bond donors (Lipinski definition) is 2. The number of piperidine rings is 1. The molecular weight excluding hydrogens is 352 g/mol. The maximum absolute atomic E-state index is 12.8. The summed E-state index contributed by atoms with van der Waals surface area (Å²) in [6.07, 6.45) is 1.21. The van der Waals surface area contributed by atoms with Gasteiger partial charge in [0, 0.05) is 24.3 Å². The fraction of sp³-hybridized carbons (Fsp3) is 0.316. The first-order chi connectivity index (χ1) is 12.4. The van der Waals surface area contributed by atoms with E-state index < -0.39 is 11.4 Å². The van der Waals surface area contributed by atoms with Gasteiger partial charge in [-0.1, -0.05) is 12.1 Å². The van der Waals surface area contributed by atoms with E-state index in [1.54, 1.807) is 48.2 Å². The molecule has 0 saturated carbocycles. The predicted molar refractivity (Wildman–Crippen MR) is 99.6 cm³/mol. The van der Waals surface area contributed by atoms with Crippen LogP contribution >= 0.6 is 11.3 Å². The van der Waals surface area contributed by atoms with Crippen LogP contribution in [0.25, 0.3) is 0 Å². The molecule has 2 aromatic rings. The number of amides is 2. The number of anilines is 1. The monoisotopic (exact) mass is 372 g/mol. The third kappa shape index (κ3) is 3.77. The number of thiophene rings is 1. The van der Waals surface area contributed by atoms with Gasteiger partial charge >= 0.3 is 5.97 Å². The van der Waals surface area contributed by atoms with Crippen LogP contribution in [-0.2, 0) is 4.79 Å². The summed E-state index contributed by atoms with van der Waals surface area (Å²) >= 11 is 1.34. The summed E-state index contributed by atoms with van der Waals surface area (Å²) in [6.45, 7) is 2.40. The van der Waals surface area contributed by atoms with Crippen LogP contribution < -0.4 is 5.32 Å². The minimum atomic E-state index is -0.918. The van der Waals surface area contributed by atoms with Crippen LogP contribution in [0.4, 0.5) is 5.69 Å². The van der Waals surface area contributed by atoms with Crippen LogP contribution in [0.2, 0.25) is 0 Å². The van der Waals surface area contributed by atoms with Crippen molar-refractivity contribution in [3.63, 3.8) is 0 Å². The molecular formula is C19H20N2O4S. The van der Waals surface area contributed by atoms with Gasteiger partial charge in [0.15, 0.2) is 0 Å². The zero-order valence-corrected chi connectivity index (χ0v) is 15.2. The quantitative estimate of drug-likeness (QED) is 0.862. The zero-order valence-electron chi connectivity index (χ0n) is 14.4. The molecule has 2 amide bonds. The number of carboxylic acid groups (broad SMARTS) is 1. The van der Waals surface area contributed by atoms with Crippen molar-refractivity contribution >= 4 is 34.8 Å². The van der Waals surface area contributed by atoms with Crippen molar-refractivity contribution < 1.29 is 19.5 Å². The lowest BCUT2D eigenvalue weighted by atomic mass is 9.82. The van der Waals surface area contributed by atoms with Gasteiger partial charge in [0.05, 0.1) is 10.3 Å². The number of carboxylic acids is 1. The Kier molecular flexibility index (Phi) is 5.08. The van der Waals surface area contributed by atoms with Crippen LogP contribution in [0.5, 0.6) is 0 Å². The summed E-state index contributed by atoms with van der Waals surface area (Å²) in [5.41, 5.74) is 0.0507. The molecule has 0 radical (unpaired) electrons. The topological polar surface area (TPSA) is 86.7 Å². The van der Waals surface area contributed by atoms with Crippen molar-refractivity contribution in [2.45, 2.75) is 19.8 Å². The van der Waals surface area contributed by atoms with Gasteiger partial charge in [-0.2, -0.15) is 0 Å². The van der Waals surface area contributed by atoms with E-state index in [4.69, 9.17) is 0 Å². The number of nitrogens with zero attached hydrogens (tertiary/aromatic N) is 1. The highest BCUT2D eigenvalue weighted by atomic mass is 32.1. The Balaban J connectivity index is 1.74. The molecule has 1 unspecified atom stereocenters. The van der Waals surface area contributed by atoms with Crippen LogP contribution in [0.3, 0.4) is 0 Å². The third-order valence-electron chi connectivity index (χ3n) is 4.61. The number of carbonyl (C=O) groups is 3. The Labute approximate surface area is 155 Å². The molecule has 7 heteroatoms. The highest BCUT2D eigenvalue weighted by molar-refractivity contribution is 7.12. The molecule has 1 aromatic carbocycles. The Hall–Kier alpha value is -2.67. The molecule has 3 rings (SSSR count). The Morgan fingerprint density at radius 1 is 1.23 bits per heavy atom. The van der Waals surface area contributed by atoms with Crippen molar-refractivity contribution in [2.75, 3.05) is 18.4 Å². The maximum atomic E-state index is 12.8. The molecule has 1 saturated heterocycles. The van der Waals surface area contributed by atoms with Crippen molar-refractivity contribution in [1.82, 2.24) is 4.90 Å². The van der Waals surface area contributed by atoms with E-state index in [0.717, 1.165) is 0 Å². The average Bonchev–Trinajstić information content (AvgIpc) is 3.16. The van der Waals surface area contributed by atoms with Gasteiger partial charge in [-0.15, -0.1) is 11.3 Å². The van der Waals surface area contributed by atoms with E-state index in [0.29, 0.717) is 35.5 Å². The molecule has 1 atom stereocenters. The van der Waals surface area contributed by atoms with Gasteiger partial charge in [0.1, 0.15) is 0 Å². The second kappa shape index (κ2) is 7.29. The highest BCUT2D eigenvalue weighted by Crippen LogP contribution is 2.30. The van der Waals surface area contributed by atoms with E-state index >= 15 is 0 Å². The van der Waals surface area contributed by atoms with Gasteiger partial charge in [-0.25, -0.2) is 0 Å². The van der Waals surface area contributed by atoms with Gasteiger partial charge in [-0.05, 0) is 49.4 Å². The molecule has 0 aliphatic carbocycles. The fourth-order valence-corrected chi connectivity index (χ4v) is 3.72. The largest absolute Gasteiger partial charge is 0.481 e. The SMILES string of the molecule is CC1(C(=O)O)CCCN(C(=O)c2cccc(NC(=O)c3cccs3)c2)C1. The number of likely N-dealkylation sites (tertiary alicyclic amines) is 1. The summed E-state index contributed by atoms with van der Waals surface area (Å²) in [4.78, 5) is 38.6. The van der Waals surface area contributed by atoms with E-state index in [-0.39, 0.29) is 18.4 Å². The van der Waals surface area contributed by atoms with E-state index in [1.807, 2.05) is 5.38 Å². The fourth-order valence-electron chi connectivity index (χ4n) is 3.10. The van der Waals surface area contributed by atoms with Crippen LogP contribution in [0.1, 0.15) is 39.8 Å². The Bertz CT molecular complexity index is 834. The molecule has 0 bridgehead atoms. The summed E-state index contributed by atoms with van der Waals surface area (Å²) in [5, 5.41) is 14.0. The highest BCUT2D eigenvalue weighted by Gasteiger charge is 2.39. The first-order valence-electron chi connectivity index (χ1n) is 8.37. The molecule has 26 heavy (non-hydrogen) atoms. The number of carbonyl (C=O) groups excluding carboxylic acids is 2. The zero-order chi connectivity index (χ0) is 18.7. The number of rotatable bonds is 4. The lowest BCUT2D eigenvalue weighted by molar-refractivity contribution is -0.150. The van der Waals surface area contributed by atoms with E-state index in [9.17, 15) is 19.5 Å². The molecule has 1 aliphatic heterocycles. The van der Waals surface area contributed by atoms with E-state index in [1.165, 1.54) is 11.3 Å². The number of nitrogens with one attached hydrogen (secondary N) is 1. The van der Waals surface area contributed by atoms with Crippen molar-refractivity contribution in [3.8, 4) is 0 Å². The Morgan fingerprint density at radius 2 is 2.04 bits per heavy atom. The third-order valence-corrected chi connectivity index (χ3v) is 5.48. The molecule has 2 heterocycles. The maximum Gasteiger partial charge on any atom is 0.311 e. The second-order valence-electron chi connectivity index (χ2n) is 6.71. The van der Waals surface area contributed by atoms with Gasteiger partial charge < -0.3 is 15.3 Å². The predicted octanol–water partition coefficient (Wildman–Crippen LogP) is 3.33. The number of aliphatic carboxylic acids is 1. The average molecular weight is 372 g/mol. The molecule has 6 nitrogen and oxygen atoms in total. The molecule has 136 valence electrons. The number of benzene rings is 1. The lowest BCUT2D eigenvalue weighted by Gasteiger charge is -2.37. The number of hydrogen-bond acceptors (Lipinski definition) is 4. The normalized spacial score (nSPS) is 19.8. The summed E-state index contributed by atoms with van der Waals surface area (Å²) in [6, 6.07) is 10.3.